The quantitative estimate of drug-likeness (QED) is 0.153. The number of aromatic nitrogens is 1. The molecule has 1 saturated carbocycles. The first-order valence-electron chi connectivity index (χ1n) is 17.6. The highest BCUT2D eigenvalue weighted by atomic mass is 32.2. The molecule has 2 fully saturated rings. The first kappa shape index (κ1) is 35.1. The molecule has 0 radical (unpaired) electrons. The monoisotopic (exact) mass is 764 g/mol. The minimum atomic E-state index is -1.17. The van der Waals surface area contributed by atoms with Crippen molar-refractivity contribution < 1.29 is 19.1 Å². The maximum Gasteiger partial charge on any atom is 0.344 e. The summed E-state index contributed by atoms with van der Waals surface area (Å²) in [5.74, 6) is -1.17. The predicted octanol–water partition coefficient (Wildman–Crippen LogP) is 5.83. The minimum Gasteiger partial charge on any atom is -0.480 e. The zero-order valence-corrected chi connectivity index (χ0v) is 31.8. The fourth-order valence-corrected chi connectivity index (χ4v) is 10.4. The number of rotatable bonds is 8. The number of thioether (sulfide) groups is 1. The molecule has 3 aromatic carbocycles. The molecule has 1 aliphatic carbocycles. The van der Waals surface area contributed by atoms with Crippen LogP contribution in [0, 0.1) is 0 Å². The van der Waals surface area contributed by atoms with Crippen molar-refractivity contribution in [1.29, 1.82) is 0 Å². The number of thiocarbonyl (C=S) groups is 1. The SMILES string of the molecule is CCN1C(=O)/C(=c2\s/c(=C\c3ccc4c(c3)C3CCCC3N4c3ccc(-c4cc5ccc(N(C)CC)cc5oc4=O)cc3)c(=O)n2CC(=O)O)SC1=S. The van der Waals surface area contributed by atoms with Crippen LogP contribution in [0.5, 0.6) is 0 Å². The number of hydrogen-bond donors (Lipinski definition) is 1. The summed E-state index contributed by atoms with van der Waals surface area (Å²) in [6.07, 6.45) is 4.97. The molecule has 13 heteroatoms. The summed E-state index contributed by atoms with van der Waals surface area (Å²) in [5, 5.41) is 10.5. The maximum atomic E-state index is 13.6. The van der Waals surface area contributed by atoms with Crippen LogP contribution in [-0.4, -0.2) is 56.9 Å². The summed E-state index contributed by atoms with van der Waals surface area (Å²) in [6.45, 7) is 4.56. The Bertz CT molecular complexity index is 2590. The number of carboxylic acid groups (broad SMARTS) is 1. The fraction of sp³-hybridized carbons (Fsp3) is 0.275. The smallest absolute Gasteiger partial charge is 0.344 e. The van der Waals surface area contributed by atoms with Crippen LogP contribution in [0.25, 0.3) is 33.1 Å². The Labute approximate surface area is 318 Å². The average molecular weight is 765 g/mol. The molecular weight excluding hydrogens is 729 g/mol. The number of thiazole rings is 1. The summed E-state index contributed by atoms with van der Waals surface area (Å²) >= 11 is 7.59. The van der Waals surface area contributed by atoms with Gasteiger partial charge in [-0.2, -0.15) is 0 Å². The standard InChI is InChI=1S/C40H36N4O6S3/c1-4-41(3)26-15-12-24-19-28(39(49)50-32(24)20-26)23-10-13-25(14-11-23)44-30-8-6-7-27(30)29-17-22(9-16-31(29)44)18-33-36(47)43(21-34(45)46)38(52-33)35-37(48)42(5-2)40(51)53-35/h9-20,27,30H,4-8,21H2,1-3H3,(H,45,46)/b33-18-,38-35+. The summed E-state index contributed by atoms with van der Waals surface area (Å²) in [5.41, 5.74) is 6.20. The summed E-state index contributed by atoms with van der Waals surface area (Å²) < 4.78 is 7.98. The molecule has 53 heavy (non-hydrogen) atoms. The van der Waals surface area contributed by atoms with E-state index in [0.29, 0.717) is 37.1 Å². The molecule has 270 valence electrons. The van der Waals surface area contributed by atoms with E-state index in [4.69, 9.17) is 16.6 Å². The van der Waals surface area contributed by atoms with E-state index in [1.807, 2.05) is 56.4 Å². The topological polar surface area (TPSA) is 116 Å². The molecule has 2 unspecified atom stereocenters. The molecule has 2 atom stereocenters. The Morgan fingerprint density at radius 2 is 1.83 bits per heavy atom. The van der Waals surface area contributed by atoms with Gasteiger partial charge in [0, 0.05) is 60.6 Å². The van der Waals surface area contributed by atoms with E-state index in [1.54, 1.807) is 6.08 Å². The van der Waals surface area contributed by atoms with Gasteiger partial charge in [-0.25, -0.2) is 4.79 Å². The molecule has 0 spiro atoms. The lowest BCUT2D eigenvalue weighted by Crippen LogP contribution is -2.35. The molecule has 1 saturated heterocycles. The Morgan fingerprint density at radius 1 is 1.04 bits per heavy atom. The third kappa shape index (κ3) is 6.10. The van der Waals surface area contributed by atoms with Gasteiger partial charge in [0.25, 0.3) is 11.5 Å². The number of fused-ring (bicyclic) bond motifs is 4. The average Bonchev–Trinajstić information content (AvgIpc) is 3.89. The first-order chi connectivity index (χ1) is 25.6. The number of anilines is 3. The zero-order valence-electron chi connectivity index (χ0n) is 29.3. The van der Waals surface area contributed by atoms with Gasteiger partial charge in [0.05, 0.1) is 10.1 Å². The Morgan fingerprint density at radius 3 is 2.55 bits per heavy atom. The lowest BCUT2D eigenvalue weighted by molar-refractivity contribution is -0.137. The van der Waals surface area contributed by atoms with Crippen LogP contribution in [0.3, 0.4) is 0 Å². The molecule has 10 nitrogen and oxygen atoms in total. The van der Waals surface area contributed by atoms with E-state index in [0.717, 1.165) is 87.0 Å². The van der Waals surface area contributed by atoms with Gasteiger partial charge >= 0.3 is 11.6 Å². The van der Waals surface area contributed by atoms with Gasteiger partial charge in [0.2, 0.25) is 0 Å². The third-order valence-corrected chi connectivity index (χ3v) is 13.2. The van der Waals surface area contributed by atoms with Crippen molar-refractivity contribution in [2.24, 2.45) is 0 Å². The van der Waals surface area contributed by atoms with Gasteiger partial charge in [-0.1, -0.05) is 48.6 Å². The van der Waals surface area contributed by atoms with E-state index >= 15 is 0 Å². The third-order valence-electron chi connectivity index (χ3n) is 10.5. The predicted molar refractivity (Wildman–Crippen MR) is 216 cm³/mol. The summed E-state index contributed by atoms with van der Waals surface area (Å²) in [4.78, 5) is 57.9. The largest absolute Gasteiger partial charge is 0.480 e. The highest BCUT2D eigenvalue weighted by Crippen LogP contribution is 2.52. The van der Waals surface area contributed by atoms with Gasteiger partial charge in [-0.15, -0.1) is 11.3 Å². The van der Waals surface area contributed by atoms with Gasteiger partial charge in [-0.3, -0.25) is 23.9 Å². The van der Waals surface area contributed by atoms with Crippen molar-refractivity contribution >= 4 is 90.5 Å². The molecule has 1 amide bonds. The van der Waals surface area contributed by atoms with Crippen molar-refractivity contribution in [3.63, 3.8) is 0 Å². The van der Waals surface area contributed by atoms with Crippen molar-refractivity contribution in [2.75, 3.05) is 29.9 Å². The number of aliphatic carboxylic acids is 1. The van der Waals surface area contributed by atoms with Crippen LogP contribution in [0.1, 0.15) is 50.2 Å². The second-order valence-electron chi connectivity index (χ2n) is 13.5. The van der Waals surface area contributed by atoms with E-state index in [1.165, 1.54) is 10.5 Å². The number of carbonyl (C=O) groups is 2. The lowest BCUT2D eigenvalue weighted by atomic mass is 9.96. The van der Waals surface area contributed by atoms with Crippen LogP contribution in [0.15, 0.2) is 80.7 Å². The first-order valence-corrected chi connectivity index (χ1v) is 19.6. The highest BCUT2D eigenvalue weighted by Gasteiger charge is 2.42. The number of benzene rings is 3. The van der Waals surface area contributed by atoms with Crippen molar-refractivity contribution in [3.05, 3.63) is 108 Å². The van der Waals surface area contributed by atoms with Crippen LogP contribution in [0.2, 0.25) is 0 Å². The van der Waals surface area contributed by atoms with E-state index < -0.39 is 18.1 Å². The second kappa shape index (κ2) is 13.8. The highest BCUT2D eigenvalue weighted by molar-refractivity contribution is 8.30. The molecule has 1 N–H and O–H groups in total. The van der Waals surface area contributed by atoms with E-state index in [-0.39, 0.29) is 22.5 Å². The summed E-state index contributed by atoms with van der Waals surface area (Å²) in [6, 6.07) is 22.4. The van der Waals surface area contributed by atoms with Gasteiger partial charge in [0.1, 0.15) is 26.0 Å². The Kier molecular flexibility index (Phi) is 9.12. The van der Waals surface area contributed by atoms with Crippen LogP contribution < -0.4 is 30.2 Å². The minimum absolute atomic E-state index is 0.278. The zero-order chi connectivity index (χ0) is 37.1. The molecular formula is C40H36N4O6S3. The Balaban J connectivity index is 1.14. The molecule has 3 aliphatic rings. The molecule has 0 bridgehead atoms. The van der Waals surface area contributed by atoms with Crippen molar-refractivity contribution in [3.8, 4) is 11.1 Å². The Hall–Kier alpha value is -4.98. The normalized spacial score (nSPS) is 19.4. The molecule has 5 aromatic rings. The van der Waals surface area contributed by atoms with E-state index in [9.17, 15) is 24.3 Å². The summed E-state index contributed by atoms with van der Waals surface area (Å²) in [7, 11) is 2.00. The van der Waals surface area contributed by atoms with Crippen LogP contribution in [0.4, 0.5) is 17.1 Å². The number of hydrogen-bond acceptors (Lipinski definition) is 10. The molecule has 8 rings (SSSR count). The van der Waals surface area contributed by atoms with Crippen LogP contribution >= 0.6 is 35.3 Å². The van der Waals surface area contributed by atoms with Crippen molar-refractivity contribution in [2.45, 2.75) is 51.6 Å². The second-order valence-corrected chi connectivity index (χ2v) is 16.1. The number of carbonyl (C=O) groups excluding carboxylic acids is 1. The molecule has 2 aliphatic heterocycles. The van der Waals surface area contributed by atoms with Gasteiger partial charge < -0.3 is 19.3 Å². The maximum absolute atomic E-state index is 13.6. The molecule has 4 heterocycles. The van der Waals surface area contributed by atoms with Crippen LogP contribution in [-0.2, 0) is 16.1 Å². The van der Waals surface area contributed by atoms with Gasteiger partial charge in [-0.05, 0) is 91.9 Å². The number of nitrogens with zero attached hydrogens (tertiary/aromatic N) is 4. The number of amides is 1. The molecule has 2 aromatic heterocycles. The fourth-order valence-electron chi connectivity index (χ4n) is 7.74. The van der Waals surface area contributed by atoms with E-state index in [2.05, 4.69) is 41.0 Å². The van der Waals surface area contributed by atoms with Crippen molar-refractivity contribution in [1.82, 2.24) is 9.47 Å². The van der Waals surface area contributed by atoms with Gasteiger partial charge in [0.15, 0.2) is 0 Å². The lowest BCUT2D eigenvalue weighted by Gasteiger charge is -2.27. The number of carboxylic acids is 1.